The molecule has 0 spiro atoms. The Bertz CT molecular complexity index is 778. The molecule has 0 radical (unpaired) electrons. The first-order valence-electron chi connectivity index (χ1n) is 8.75. The van der Waals surface area contributed by atoms with Crippen LogP contribution in [0.25, 0.3) is 5.52 Å². The molecular weight excluding hydrogens is 298 g/mol. The number of fused-ring (bicyclic) bond motifs is 2. The van der Waals surface area contributed by atoms with Crippen LogP contribution in [0.15, 0.2) is 54.7 Å². The van der Waals surface area contributed by atoms with Crippen LogP contribution in [0.5, 0.6) is 5.88 Å². The van der Waals surface area contributed by atoms with Crippen LogP contribution in [0.3, 0.4) is 0 Å². The molecule has 4 nitrogen and oxygen atoms in total. The van der Waals surface area contributed by atoms with Gasteiger partial charge in [-0.15, -0.1) is 5.10 Å². The van der Waals surface area contributed by atoms with Gasteiger partial charge in [0.15, 0.2) is 0 Å². The number of ether oxygens (including phenoxy) is 1. The van der Waals surface area contributed by atoms with Crippen LogP contribution in [0.4, 0.5) is 0 Å². The van der Waals surface area contributed by atoms with Crippen molar-refractivity contribution >= 4 is 5.52 Å². The molecule has 0 saturated heterocycles. The van der Waals surface area contributed by atoms with Crippen LogP contribution in [0, 0.1) is 0 Å². The Hall–Kier alpha value is -2.33. The molecule has 4 rings (SSSR count). The van der Waals surface area contributed by atoms with Crippen molar-refractivity contribution in [2.45, 2.75) is 25.8 Å². The van der Waals surface area contributed by atoms with Gasteiger partial charge in [0, 0.05) is 25.4 Å². The van der Waals surface area contributed by atoms with Gasteiger partial charge in [-0.1, -0.05) is 30.3 Å². The Kier molecular flexibility index (Phi) is 4.47. The van der Waals surface area contributed by atoms with Crippen molar-refractivity contribution in [1.29, 1.82) is 0 Å². The number of hydrogen-bond donors (Lipinski definition) is 0. The lowest BCUT2D eigenvalue weighted by Crippen LogP contribution is -2.31. The summed E-state index contributed by atoms with van der Waals surface area (Å²) in [5.74, 6) is 0.716. The fourth-order valence-corrected chi connectivity index (χ4v) is 3.34. The summed E-state index contributed by atoms with van der Waals surface area (Å²) in [6.45, 7) is 4.13. The minimum atomic E-state index is 0.716. The van der Waals surface area contributed by atoms with Crippen molar-refractivity contribution in [3.8, 4) is 5.88 Å². The van der Waals surface area contributed by atoms with Crippen molar-refractivity contribution < 1.29 is 4.74 Å². The second kappa shape index (κ2) is 7.05. The highest BCUT2D eigenvalue weighted by Crippen LogP contribution is 2.19. The van der Waals surface area contributed by atoms with Crippen molar-refractivity contribution in [3.05, 3.63) is 65.9 Å². The average Bonchev–Trinajstić information content (AvgIpc) is 3.04. The van der Waals surface area contributed by atoms with Crippen molar-refractivity contribution in [3.63, 3.8) is 0 Å². The lowest BCUT2D eigenvalue weighted by molar-refractivity contribution is 0.233. The summed E-state index contributed by atoms with van der Waals surface area (Å²) in [6.07, 6.45) is 5.34. The summed E-state index contributed by atoms with van der Waals surface area (Å²) in [5, 5.41) is 4.41. The molecule has 0 atom stereocenters. The first-order chi connectivity index (χ1) is 11.9. The zero-order chi connectivity index (χ0) is 16.2. The molecular formula is C20H23N3O. The van der Waals surface area contributed by atoms with E-state index in [0.717, 1.165) is 38.1 Å². The third kappa shape index (κ3) is 3.44. The van der Waals surface area contributed by atoms with Gasteiger partial charge in [0.05, 0.1) is 12.1 Å². The van der Waals surface area contributed by atoms with Gasteiger partial charge in [-0.2, -0.15) is 0 Å². The molecule has 0 fully saturated rings. The van der Waals surface area contributed by atoms with E-state index in [0.29, 0.717) is 5.88 Å². The van der Waals surface area contributed by atoms with Crippen LogP contribution < -0.4 is 4.74 Å². The van der Waals surface area contributed by atoms with Crippen molar-refractivity contribution in [2.24, 2.45) is 0 Å². The highest BCUT2D eigenvalue weighted by molar-refractivity contribution is 5.48. The van der Waals surface area contributed by atoms with E-state index >= 15 is 0 Å². The van der Waals surface area contributed by atoms with Crippen molar-refractivity contribution in [1.82, 2.24) is 14.5 Å². The Morgan fingerprint density at radius 2 is 1.88 bits per heavy atom. The SMILES string of the molecule is c1ccc2c(c1)CCN(CCCCOc1cc3ccccn3n1)C2. The Morgan fingerprint density at radius 3 is 2.79 bits per heavy atom. The van der Waals surface area contributed by atoms with Crippen LogP contribution in [0.1, 0.15) is 24.0 Å². The first kappa shape index (κ1) is 15.2. The number of unbranched alkanes of at least 4 members (excludes halogenated alkanes) is 1. The highest BCUT2D eigenvalue weighted by Gasteiger charge is 2.14. The molecule has 0 N–H and O–H groups in total. The molecule has 1 aromatic carbocycles. The van der Waals surface area contributed by atoms with Crippen LogP contribution in [-0.2, 0) is 13.0 Å². The van der Waals surface area contributed by atoms with Gasteiger partial charge in [-0.3, -0.25) is 4.90 Å². The molecule has 0 saturated carbocycles. The number of nitrogens with zero attached hydrogens (tertiary/aromatic N) is 3. The molecule has 3 aromatic rings. The molecule has 4 heteroatoms. The van der Waals surface area contributed by atoms with Gasteiger partial charge in [-0.25, -0.2) is 4.52 Å². The molecule has 3 heterocycles. The third-order valence-electron chi connectivity index (χ3n) is 4.68. The largest absolute Gasteiger partial charge is 0.477 e. The summed E-state index contributed by atoms with van der Waals surface area (Å²) < 4.78 is 7.63. The zero-order valence-corrected chi connectivity index (χ0v) is 13.9. The van der Waals surface area contributed by atoms with E-state index < -0.39 is 0 Å². The van der Waals surface area contributed by atoms with Gasteiger partial charge >= 0.3 is 0 Å². The number of pyridine rings is 1. The third-order valence-corrected chi connectivity index (χ3v) is 4.68. The quantitative estimate of drug-likeness (QED) is 0.650. The first-order valence-corrected chi connectivity index (χ1v) is 8.75. The number of aromatic nitrogens is 2. The normalized spacial score (nSPS) is 14.7. The lowest BCUT2D eigenvalue weighted by atomic mass is 10.00. The van der Waals surface area contributed by atoms with Crippen LogP contribution in [0.2, 0.25) is 0 Å². The summed E-state index contributed by atoms with van der Waals surface area (Å²) in [5.41, 5.74) is 4.08. The van der Waals surface area contributed by atoms with Gasteiger partial charge in [0.25, 0.3) is 0 Å². The van der Waals surface area contributed by atoms with E-state index in [9.17, 15) is 0 Å². The van der Waals surface area contributed by atoms with Gasteiger partial charge in [-0.05, 0) is 49.1 Å². The van der Waals surface area contributed by atoms with Crippen LogP contribution in [-0.4, -0.2) is 34.2 Å². The van der Waals surface area contributed by atoms with Crippen molar-refractivity contribution in [2.75, 3.05) is 19.7 Å². The summed E-state index contributed by atoms with van der Waals surface area (Å²) >= 11 is 0. The Balaban J connectivity index is 1.20. The number of hydrogen-bond acceptors (Lipinski definition) is 3. The van der Waals surface area contributed by atoms with Gasteiger partial charge < -0.3 is 4.74 Å². The van der Waals surface area contributed by atoms with Crippen LogP contribution >= 0.6 is 0 Å². The molecule has 24 heavy (non-hydrogen) atoms. The minimum Gasteiger partial charge on any atom is -0.477 e. The lowest BCUT2D eigenvalue weighted by Gasteiger charge is -2.28. The second-order valence-corrected chi connectivity index (χ2v) is 6.40. The van der Waals surface area contributed by atoms with E-state index in [1.165, 1.54) is 24.1 Å². The average molecular weight is 321 g/mol. The maximum Gasteiger partial charge on any atom is 0.233 e. The smallest absolute Gasteiger partial charge is 0.233 e. The molecule has 0 bridgehead atoms. The van der Waals surface area contributed by atoms with E-state index in [1.807, 2.05) is 35.0 Å². The predicted molar refractivity (Wildman–Crippen MR) is 95.3 cm³/mol. The molecule has 0 aliphatic carbocycles. The van der Waals surface area contributed by atoms with E-state index in [-0.39, 0.29) is 0 Å². The maximum absolute atomic E-state index is 5.79. The van der Waals surface area contributed by atoms with Gasteiger partial charge in [0.2, 0.25) is 5.88 Å². The molecule has 1 aliphatic heterocycles. The summed E-state index contributed by atoms with van der Waals surface area (Å²) in [7, 11) is 0. The van der Waals surface area contributed by atoms with Gasteiger partial charge in [0.1, 0.15) is 0 Å². The Labute approximate surface area is 142 Å². The zero-order valence-electron chi connectivity index (χ0n) is 13.9. The molecule has 1 aliphatic rings. The highest BCUT2D eigenvalue weighted by atomic mass is 16.5. The minimum absolute atomic E-state index is 0.716. The monoisotopic (exact) mass is 321 g/mol. The maximum atomic E-state index is 5.79. The summed E-state index contributed by atoms with van der Waals surface area (Å²) in [4.78, 5) is 2.55. The number of benzene rings is 1. The molecule has 2 aromatic heterocycles. The molecule has 0 amide bonds. The fraction of sp³-hybridized carbons (Fsp3) is 0.350. The second-order valence-electron chi connectivity index (χ2n) is 6.40. The molecule has 124 valence electrons. The summed E-state index contributed by atoms with van der Waals surface area (Å²) in [6, 6.07) is 16.8. The standard InChI is InChI=1S/C20H23N3O/c1-2-8-18-16-22(13-10-17(18)7-1)11-5-6-14-24-20-15-19-9-3-4-12-23(19)21-20/h1-4,7-9,12,15H,5-6,10-11,13-14,16H2. The van der Waals surface area contributed by atoms with E-state index in [1.54, 1.807) is 0 Å². The topological polar surface area (TPSA) is 29.8 Å². The van der Waals surface area contributed by atoms with E-state index in [2.05, 4.69) is 34.3 Å². The predicted octanol–water partition coefficient (Wildman–Crippen LogP) is 3.55. The molecule has 0 unspecified atom stereocenters. The number of rotatable bonds is 6. The van der Waals surface area contributed by atoms with E-state index in [4.69, 9.17) is 4.74 Å². The Morgan fingerprint density at radius 1 is 1.00 bits per heavy atom. The fourth-order valence-electron chi connectivity index (χ4n) is 3.34.